The first-order valence-electron chi connectivity index (χ1n) is 7.22. The van der Waals surface area contributed by atoms with E-state index in [9.17, 15) is 13.5 Å². The van der Waals surface area contributed by atoms with Gasteiger partial charge in [0, 0.05) is 30.4 Å². The Morgan fingerprint density at radius 1 is 1.17 bits per heavy atom. The molecule has 0 aliphatic heterocycles. The summed E-state index contributed by atoms with van der Waals surface area (Å²) >= 11 is 0. The Morgan fingerprint density at radius 3 is 2.70 bits per heavy atom. The highest BCUT2D eigenvalue weighted by Gasteiger charge is 2.24. The van der Waals surface area contributed by atoms with E-state index >= 15 is 0 Å². The number of nitrogens with one attached hydrogen (secondary N) is 2. The molecule has 120 valence electrons. The van der Waals surface area contributed by atoms with Gasteiger partial charge in [-0.2, -0.15) is 0 Å². The van der Waals surface area contributed by atoms with Crippen LogP contribution in [0.4, 0.5) is 0 Å². The van der Waals surface area contributed by atoms with Gasteiger partial charge in [-0.25, -0.2) is 18.1 Å². The highest BCUT2D eigenvalue weighted by molar-refractivity contribution is 7.89. The molecule has 0 bridgehead atoms. The second-order valence-corrected chi connectivity index (χ2v) is 6.83. The lowest BCUT2D eigenvalue weighted by molar-refractivity contribution is 0.272. The van der Waals surface area contributed by atoms with Gasteiger partial charge in [-0.1, -0.05) is 30.3 Å². The largest absolute Gasteiger partial charge is 0.396 e. The van der Waals surface area contributed by atoms with Crippen molar-refractivity contribution in [1.29, 1.82) is 0 Å². The fourth-order valence-corrected chi connectivity index (χ4v) is 3.94. The zero-order valence-corrected chi connectivity index (χ0v) is 13.1. The van der Waals surface area contributed by atoms with Gasteiger partial charge in [0.2, 0.25) is 10.0 Å². The molecule has 2 heterocycles. The lowest BCUT2D eigenvalue weighted by Crippen LogP contribution is -2.29. The van der Waals surface area contributed by atoms with Crippen LogP contribution in [0.5, 0.6) is 0 Å². The van der Waals surface area contributed by atoms with E-state index in [1.54, 1.807) is 18.3 Å². The van der Waals surface area contributed by atoms with Crippen LogP contribution in [-0.2, 0) is 10.0 Å². The second-order valence-electron chi connectivity index (χ2n) is 5.15. The summed E-state index contributed by atoms with van der Waals surface area (Å²) in [6, 6.07) is 12.1. The van der Waals surface area contributed by atoms with Crippen LogP contribution in [0, 0.1) is 0 Å². The fourth-order valence-electron chi connectivity index (χ4n) is 2.51. The summed E-state index contributed by atoms with van der Waals surface area (Å²) in [5, 5.41) is 9.78. The lowest BCUT2D eigenvalue weighted by Gasteiger charge is -2.18. The fraction of sp³-hybridized carbons (Fsp3) is 0.188. The van der Waals surface area contributed by atoms with Crippen molar-refractivity contribution in [2.45, 2.75) is 17.4 Å². The Balaban J connectivity index is 1.95. The van der Waals surface area contributed by atoms with Crippen molar-refractivity contribution in [2.24, 2.45) is 0 Å². The number of sulfonamides is 1. The molecule has 0 spiro atoms. The van der Waals surface area contributed by atoms with E-state index in [2.05, 4.69) is 14.7 Å². The highest BCUT2D eigenvalue weighted by Crippen LogP contribution is 2.24. The molecule has 6 nitrogen and oxygen atoms in total. The quantitative estimate of drug-likeness (QED) is 0.643. The Labute approximate surface area is 134 Å². The molecule has 2 aromatic heterocycles. The average molecular weight is 331 g/mol. The second kappa shape index (κ2) is 6.49. The van der Waals surface area contributed by atoms with Gasteiger partial charge < -0.3 is 10.1 Å². The Morgan fingerprint density at radius 2 is 1.96 bits per heavy atom. The van der Waals surface area contributed by atoms with Crippen LogP contribution in [0.2, 0.25) is 0 Å². The molecule has 0 unspecified atom stereocenters. The van der Waals surface area contributed by atoms with Crippen LogP contribution >= 0.6 is 0 Å². The standard InChI is InChI=1S/C16H17N3O3S/c20-10-8-14(12-5-2-1-3-6-12)19-23(21,22)15-11-18-16-13(15)7-4-9-17-16/h1-7,9,11,14,19-20H,8,10H2,(H,17,18)/t14-/m1/s1. The first kappa shape index (κ1) is 15.7. The molecule has 0 amide bonds. The molecule has 1 atom stereocenters. The van der Waals surface area contributed by atoms with Gasteiger partial charge in [-0.05, 0) is 24.1 Å². The van der Waals surface area contributed by atoms with Crippen LogP contribution in [0.15, 0.2) is 59.8 Å². The maximum atomic E-state index is 12.7. The minimum Gasteiger partial charge on any atom is -0.396 e. The minimum absolute atomic E-state index is 0.114. The number of hydrogen-bond acceptors (Lipinski definition) is 4. The Kier molecular flexibility index (Phi) is 4.42. The van der Waals surface area contributed by atoms with Gasteiger partial charge in [-0.15, -0.1) is 0 Å². The summed E-state index contributed by atoms with van der Waals surface area (Å²) in [4.78, 5) is 7.11. The monoisotopic (exact) mass is 331 g/mol. The number of pyridine rings is 1. The topological polar surface area (TPSA) is 95.1 Å². The number of aliphatic hydroxyl groups is 1. The van der Waals surface area contributed by atoms with E-state index in [0.29, 0.717) is 17.5 Å². The molecule has 0 aliphatic rings. The lowest BCUT2D eigenvalue weighted by atomic mass is 10.1. The first-order valence-corrected chi connectivity index (χ1v) is 8.70. The molecule has 0 saturated carbocycles. The molecular formula is C16H17N3O3S. The number of benzene rings is 1. The van der Waals surface area contributed by atoms with Gasteiger partial charge in [0.15, 0.2) is 0 Å². The van der Waals surface area contributed by atoms with Crippen molar-refractivity contribution in [1.82, 2.24) is 14.7 Å². The molecule has 3 N–H and O–H groups in total. The summed E-state index contributed by atoms with van der Waals surface area (Å²) in [6.07, 6.45) is 3.33. The third-order valence-electron chi connectivity index (χ3n) is 3.62. The molecule has 1 aromatic carbocycles. The van der Waals surface area contributed by atoms with Crippen molar-refractivity contribution in [3.05, 3.63) is 60.4 Å². The van der Waals surface area contributed by atoms with E-state index in [-0.39, 0.29) is 11.5 Å². The average Bonchev–Trinajstić information content (AvgIpc) is 3.00. The third-order valence-corrected chi connectivity index (χ3v) is 5.13. The van der Waals surface area contributed by atoms with Crippen molar-refractivity contribution < 1.29 is 13.5 Å². The molecule has 3 rings (SSSR count). The van der Waals surface area contributed by atoms with Gasteiger partial charge >= 0.3 is 0 Å². The Bertz CT molecular complexity index is 891. The van der Waals surface area contributed by atoms with E-state index in [1.165, 1.54) is 6.20 Å². The molecular weight excluding hydrogens is 314 g/mol. The van der Waals surface area contributed by atoms with Gasteiger partial charge in [-0.3, -0.25) is 0 Å². The van der Waals surface area contributed by atoms with Gasteiger partial charge in [0.25, 0.3) is 0 Å². The molecule has 7 heteroatoms. The number of aromatic nitrogens is 2. The predicted octanol–water partition coefficient (Wildman–Crippen LogP) is 1.96. The molecule has 3 aromatic rings. The van der Waals surface area contributed by atoms with Crippen LogP contribution < -0.4 is 4.72 Å². The van der Waals surface area contributed by atoms with E-state index < -0.39 is 16.1 Å². The van der Waals surface area contributed by atoms with Gasteiger partial charge in [0.1, 0.15) is 10.5 Å². The molecule has 23 heavy (non-hydrogen) atoms. The number of rotatable bonds is 6. The van der Waals surface area contributed by atoms with Crippen molar-refractivity contribution in [3.8, 4) is 0 Å². The summed E-state index contributed by atoms with van der Waals surface area (Å²) in [6.45, 7) is -0.114. The number of aliphatic hydroxyl groups excluding tert-OH is 1. The maximum Gasteiger partial charge on any atom is 0.243 e. The van der Waals surface area contributed by atoms with Crippen molar-refractivity contribution in [3.63, 3.8) is 0 Å². The SMILES string of the molecule is O=S(=O)(N[C@H](CCO)c1ccccc1)c1c[nH]c2ncccc12. The van der Waals surface area contributed by atoms with E-state index in [4.69, 9.17) is 0 Å². The maximum absolute atomic E-state index is 12.7. The number of nitrogens with zero attached hydrogens (tertiary/aromatic N) is 1. The summed E-state index contributed by atoms with van der Waals surface area (Å²) in [5.41, 5.74) is 1.33. The highest BCUT2D eigenvalue weighted by atomic mass is 32.2. The van der Waals surface area contributed by atoms with Gasteiger partial charge in [0.05, 0.1) is 0 Å². The zero-order chi connectivity index (χ0) is 16.3. The van der Waals surface area contributed by atoms with Crippen LogP contribution in [0.3, 0.4) is 0 Å². The van der Waals surface area contributed by atoms with E-state index in [1.807, 2.05) is 30.3 Å². The summed E-state index contributed by atoms with van der Waals surface area (Å²) < 4.78 is 28.1. The number of aromatic amines is 1. The van der Waals surface area contributed by atoms with E-state index in [0.717, 1.165) is 5.56 Å². The number of fused-ring (bicyclic) bond motifs is 1. The van der Waals surface area contributed by atoms with Crippen LogP contribution in [0.25, 0.3) is 11.0 Å². The van der Waals surface area contributed by atoms with Crippen LogP contribution in [-0.4, -0.2) is 30.1 Å². The zero-order valence-electron chi connectivity index (χ0n) is 12.3. The van der Waals surface area contributed by atoms with Crippen molar-refractivity contribution in [2.75, 3.05) is 6.61 Å². The molecule has 0 saturated heterocycles. The predicted molar refractivity (Wildman–Crippen MR) is 87.3 cm³/mol. The first-order chi connectivity index (χ1) is 11.1. The van der Waals surface area contributed by atoms with Crippen LogP contribution in [0.1, 0.15) is 18.0 Å². The smallest absolute Gasteiger partial charge is 0.243 e. The summed E-state index contributed by atoms with van der Waals surface area (Å²) in [5.74, 6) is 0. The normalized spacial score (nSPS) is 13.3. The summed E-state index contributed by atoms with van der Waals surface area (Å²) in [7, 11) is -3.75. The van der Waals surface area contributed by atoms with Crippen molar-refractivity contribution >= 4 is 21.1 Å². The third kappa shape index (κ3) is 3.26. The number of H-pyrrole nitrogens is 1. The molecule has 0 fully saturated rings. The Hall–Kier alpha value is -2.22. The minimum atomic E-state index is -3.75. The number of hydrogen-bond donors (Lipinski definition) is 3. The molecule has 0 radical (unpaired) electrons. The molecule has 0 aliphatic carbocycles.